The Bertz CT molecular complexity index is 359. The monoisotopic (exact) mass is 374 g/mol. The zero-order chi connectivity index (χ0) is 19.9. The average molecular weight is 375 g/mol. The summed E-state index contributed by atoms with van der Waals surface area (Å²) in [5.74, 6) is 0.502. The van der Waals surface area contributed by atoms with Gasteiger partial charge >= 0.3 is 0 Å². The molecule has 2 atom stereocenters. The van der Waals surface area contributed by atoms with Crippen molar-refractivity contribution < 1.29 is 4.79 Å². The van der Waals surface area contributed by atoms with Crippen molar-refractivity contribution in [2.75, 3.05) is 0 Å². The maximum atomic E-state index is 13.5. The van der Waals surface area contributed by atoms with E-state index in [0.29, 0.717) is 5.78 Å². The molecule has 144 valence electrons. The van der Waals surface area contributed by atoms with Crippen LogP contribution in [0.25, 0.3) is 0 Å². The highest BCUT2D eigenvalue weighted by Crippen LogP contribution is 2.66. The van der Waals surface area contributed by atoms with Gasteiger partial charge in [0.05, 0.1) is 0 Å². The Hall–Kier alpha value is 0.530. The van der Waals surface area contributed by atoms with Gasteiger partial charge in [-0.05, 0) is 20.6 Å². The van der Waals surface area contributed by atoms with Gasteiger partial charge in [-0.25, -0.2) is 0 Å². The molecule has 0 aliphatic rings. The minimum Gasteiger partial charge on any atom is -0.298 e. The Morgan fingerprint density at radius 2 is 0.708 bits per heavy atom. The van der Waals surface area contributed by atoms with Gasteiger partial charge in [-0.2, -0.15) is 0 Å². The number of rotatable bonds is 4. The number of carbonyl (C=O) groups is 1. The van der Waals surface area contributed by atoms with E-state index in [1.165, 1.54) is 0 Å². The Balaban J connectivity index is 5.81. The van der Waals surface area contributed by atoms with Gasteiger partial charge in [0, 0.05) is 11.3 Å². The van der Waals surface area contributed by atoms with Gasteiger partial charge in [0.2, 0.25) is 0 Å². The molecule has 1 nitrogen and oxygen atoms in total. The maximum absolute atomic E-state index is 13.5. The summed E-state index contributed by atoms with van der Waals surface area (Å²) in [4.78, 5) is 13.5. The van der Waals surface area contributed by atoms with Crippen LogP contribution < -0.4 is 0 Å². The fourth-order valence-corrected chi connectivity index (χ4v) is 14.7. The molecule has 24 heavy (non-hydrogen) atoms. The van der Waals surface area contributed by atoms with Gasteiger partial charge in [0.15, 0.2) is 0 Å². The van der Waals surface area contributed by atoms with E-state index < -0.39 is 15.8 Å². The van der Waals surface area contributed by atoms with Gasteiger partial charge < -0.3 is 0 Å². The molecule has 0 aliphatic carbocycles. The van der Waals surface area contributed by atoms with Crippen LogP contribution in [-0.2, 0) is 4.79 Å². The van der Waals surface area contributed by atoms with Crippen molar-refractivity contribution in [1.29, 1.82) is 0 Å². The van der Waals surface area contributed by atoms with E-state index in [0.717, 1.165) is 0 Å². The molecular weight excluding hydrogens is 330 g/mol. The Labute approximate surface area is 155 Å². The number of ketones is 1. The minimum atomic E-state index is -0.411. The predicted molar refractivity (Wildman–Crippen MR) is 117 cm³/mol. The van der Waals surface area contributed by atoms with E-state index in [4.69, 9.17) is 0 Å². The largest absolute Gasteiger partial charge is 0.298 e. The van der Waals surface area contributed by atoms with Crippen LogP contribution in [0.15, 0.2) is 0 Å². The summed E-state index contributed by atoms with van der Waals surface area (Å²) in [6.07, 6.45) is 0. The molecule has 0 bridgehead atoms. The Kier molecular flexibility index (Phi) is 7.81. The highest BCUT2D eigenvalue weighted by Gasteiger charge is 2.46. The Morgan fingerprint density at radius 1 is 0.542 bits per heavy atom. The average Bonchev–Trinajstić information content (AvgIpc) is 2.18. The van der Waals surface area contributed by atoms with Crippen LogP contribution in [0.1, 0.15) is 96.9 Å². The molecule has 3 heteroatoms. The van der Waals surface area contributed by atoms with Crippen molar-refractivity contribution in [3.8, 4) is 0 Å². The molecule has 0 saturated carbocycles. The second kappa shape index (κ2) is 7.64. The molecular formula is C21H44OP2. The summed E-state index contributed by atoms with van der Waals surface area (Å²) in [5.41, 5.74) is 0.314. The highest BCUT2D eigenvalue weighted by atomic mass is 31.1. The standard InChI is InChI=1S/C21H44OP2/c1-15(23(18(3,4)5)19(6,7)8)17(22)16(2)24(20(9,10)11)21(12,13)14/h15-16H,1-14H3. The normalized spacial score (nSPS) is 17.3. The zero-order valence-corrected chi connectivity index (χ0v) is 20.7. The first-order chi connectivity index (χ1) is 10.2. The lowest BCUT2D eigenvalue weighted by molar-refractivity contribution is -0.117. The van der Waals surface area contributed by atoms with Crippen molar-refractivity contribution in [1.82, 2.24) is 0 Å². The molecule has 0 aromatic heterocycles. The molecule has 0 saturated heterocycles. The number of Topliss-reactive ketones (excluding diaryl/α,β-unsaturated/α-hetero) is 1. The van der Waals surface area contributed by atoms with E-state index in [1.807, 2.05) is 0 Å². The number of hydrogen-bond acceptors (Lipinski definition) is 1. The summed E-state index contributed by atoms with van der Waals surface area (Å²) in [6, 6.07) is 0. The second-order valence-corrected chi connectivity index (χ2v) is 19.6. The van der Waals surface area contributed by atoms with Gasteiger partial charge in [0.1, 0.15) is 5.78 Å². The molecule has 2 unspecified atom stereocenters. The third-order valence-electron chi connectivity index (χ3n) is 4.49. The maximum Gasteiger partial charge on any atom is 0.147 e. The van der Waals surface area contributed by atoms with Crippen molar-refractivity contribution in [3.05, 3.63) is 0 Å². The molecule has 0 spiro atoms. The van der Waals surface area contributed by atoms with Crippen molar-refractivity contribution in [3.63, 3.8) is 0 Å². The lowest BCUT2D eigenvalue weighted by Crippen LogP contribution is -2.40. The lowest BCUT2D eigenvalue weighted by Gasteiger charge is -2.48. The van der Waals surface area contributed by atoms with Crippen molar-refractivity contribution in [2.45, 2.75) is 129 Å². The lowest BCUT2D eigenvalue weighted by atomic mass is 10.2. The van der Waals surface area contributed by atoms with Gasteiger partial charge in [-0.1, -0.05) is 113 Å². The molecule has 0 aromatic carbocycles. The third-order valence-corrected chi connectivity index (χ3v) is 12.3. The predicted octanol–water partition coefficient (Wildman–Crippen LogP) is 7.49. The molecule has 0 fully saturated rings. The van der Waals surface area contributed by atoms with E-state index >= 15 is 0 Å². The van der Waals surface area contributed by atoms with Crippen LogP contribution in [0.2, 0.25) is 0 Å². The third kappa shape index (κ3) is 6.36. The summed E-state index contributed by atoms with van der Waals surface area (Å²) in [5, 5.41) is 0.756. The van der Waals surface area contributed by atoms with E-state index in [-0.39, 0.29) is 31.9 Å². The number of carbonyl (C=O) groups excluding carboxylic acids is 1. The first-order valence-electron chi connectivity index (χ1n) is 9.35. The molecule has 0 radical (unpaired) electrons. The minimum absolute atomic E-state index is 0.157. The fourth-order valence-electron chi connectivity index (χ4n) is 4.94. The first-order valence-corrected chi connectivity index (χ1v) is 12.2. The van der Waals surface area contributed by atoms with E-state index in [9.17, 15) is 4.79 Å². The summed E-state index contributed by atoms with van der Waals surface area (Å²) < 4.78 is 0. The molecule has 0 amide bonds. The SMILES string of the molecule is CC(C(=O)C(C)P(C(C)(C)C)C(C)(C)C)P(C(C)(C)C)C(C)(C)C. The second-order valence-electron chi connectivity index (χ2n) is 11.2. The van der Waals surface area contributed by atoms with Gasteiger partial charge in [-0.15, -0.1) is 0 Å². The summed E-state index contributed by atoms with van der Waals surface area (Å²) in [7, 11) is -0.823. The van der Waals surface area contributed by atoms with E-state index in [1.54, 1.807) is 0 Å². The van der Waals surface area contributed by atoms with Crippen molar-refractivity contribution >= 4 is 21.6 Å². The smallest absolute Gasteiger partial charge is 0.147 e. The van der Waals surface area contributed by atoms with Gasteiger partial charge in [-0.3, -0.25) is 4.79 Å². The van der Waals surface area contributed by atoms with Crippen molar-refractivity contribution in [2.24, 2.45) is 0 Å². The Morgan fingerprint density at radius 3 is 0.833 bits per heavy atom. The van der Waals surface area contributed by atoms with Crippen LogP contribution >= 0.6 is 15.8 Å². The van der Waals surface area contributed by atoms with E-state index in [2.05, 4.69) is 96.9 Å². The molecule has 0 aliphatic heterocycles. The fraction of sp³-hybridized carbons (Fsp3) is 0.952. The topological polar surface area (TPSA) is 17.1 Å². The summed E-state index contributed by atoms with van der Waals surface area (Å²) >= 11 is 0. The molecule has 0 N–H and O–H groups in total. The zero-order valence-electron chi connectivity index (χ0n) is 19.0. The van der Waals surface area contributed by atoms with Crippen LogP contribution in [0.3, 0.4) is 0 Å². The summed E-state index contributed by atoms with van der Waals surface area (Å²) in [6.45, 7) is 32.2. The van der Waals surface area contributed by atoms with Crippen LogP contribution in [0, 0.1) is 0 Å². The van der Waals surface area contributed by atoms with Crippen LogP contribution in [0.4, 0.5) is 0 Å². The number of hydrogen-bond donors (Lipinski definition) is 0. The molecule has 0 aromatic rings. The highest BCUT2D eigenvalue weighted by molar-refractivity contribution is 7.64. The van der Waals surface area contributed by atoms with Crippen LogP contribution in [-0.4, -0.2) is 37.7 Å². The molecule has 0 rings (SSSR count). The van der Waals surface area contributed by atoms with Crippen LogP contribution in [0.5, 0.6) is 0 Å². The quantitative estimate of drug-likeness (QED) is 0.466. The van der Waals surface area contributed by atoms with Gasteiger partial charge in [0.25, 0.3) is 0 Å². The first kappa shape index (κ1) is 24.5. The molecule has 0 heterocycles.